The molecule has 8 heteroatoms. The van der Waals surface area contributed by atoms with Crippen molar-refractivity contribution in [3.63, 3.8) is 0 Å². The molecule has 1 saturated heterocycles. The molecule has 2 rings (SSSR count). The fourth-order valence-corrected chi connectivity index (χ4v) is 2.58. The molecule has 1 aromatic rings. The summed E-state index contributed by atoms with van der Waals surface area (Å²) in [6.07, 6.45) is 0.881. The number of nitrogens with one attached hydrogen (secondary N) is 1. The Kier molecular flexibility index (Phi) is 4.17. The fraction of sp³-hybridized carbons (Fsp3) is 0.333. The Morgan fingerprint density at radius 1 is 1.25 bits per heavy atom. The van der Waals surface area contributed by atoms with Crippen molar-refractivity contribution in [2.75, 3.05) is 6.54 Å². The van der Waals surface area contributed by atoms with Crippen molar-refractivity contribution in [2.45, 2.75) is 23.8 Å². The maximum Gasteiger partial charge on any atom is 0.285 e. The molecule has 2 amide bonds. The molecule has 0 bridgehead atoms. The van der Waals surface area contributed by atoms with Gasteiger partial charge in [0, 0.05) is 6.42 Å². The van der Waals surface area contributed by atoms with E-state index in [0.29, 0.717) is 13.0 Å². The predicted molar refractivity (Wildman–Crippen MR) is 69.9 cm³/mol. The SMILES string of the molecule is NS(=O)(=O)c1ccc(CC[NH2+][C@@H]2CC(=O)NC2=O)cc1. The van der Waals surface area contributed by atoms with E-state index in [0.717, 1.165) is 5.56 Å². The number of amides is 2. The van der Waals surface area contributed by atoms with Crippen LogP contribution in [0.5, 0.6) is 0 Å². The van der Waals surface area contributed by atoms with E-state index in [4.69, 9.17) is 5.14 Å². The summed E-state index contributed by atoms with van der Waals surface area (Å²) in [5.74, 6) is -0.492. The topological polar surface area (TPSA) is 123 Å². The molecule has 1 atom stereocenters. The Bertz CT molecular complexity index is 625. The van der Waals surface area contributed by atoms with Crippen LogP contribution in [0.15, 0.2) is 29.2 Å². The first-order valence-corrected chi connectivity index (χ1v) is 7.69. The minimum absolute atomic E-state index is 0.0750. The van der Waals surface area contributed by atoms with Crippen LogP contribution in [-0.4, -0.2) is 32.8 Å². The summed E-state index contributed by atoms with van der Waals surface area (Å²) >= 11 is 0. The highest BCUT2D eigenvalue weighted by molar-refractivity contribution is 7.89. The molecule has 0 aliphatic carbocycles. The molecule has 0 saturated carbocycles. The second kappa shape index (κ2) is 5.70. The summed E-state index contributed by atoms with van der Waals surface area (Å²) in [7, 11) is -3.66. The minimum Gasteiger partial charge on any atom is -0.335 e. The van der Waals surface area contributed by atoms with E-state index >= 15 is 0 Å². The molecule has 108 valence electrons. The van der Waals surface area contributed by atoms with Crippen LogP contribution in [0.1, 0.15) is 12.0 Å². The number of hydrogen-bond donors (Lipinski definition) is 3. The molecule has 7 nitrogen and oxygen atoms in total. The Balaban J connectivity index is 1.86. The number of rotatable bonds is 5. The van der Waals surface area contributed by atoms with Crippen molar-refractivity contribution in [1.82, 2.24) is 5.32 Å². The van der Waals surface area contributed by atoms with Crippen molar-refractivity contribution in [1.29, 1.82) is 0 Å². The normalized spacial score (nSPS) is 19.1. The lowest BCUT2D eigenvalue weighted by Gasteiger charge is -2.06. The second-order valence-corrected chi connectivity index (χ2v) is 6.25. The number of hydrogen-bond acceptors (Lipinski definition) is 4. The van der Waals surface area contributed by atoms with Gasteiger partial charge in [-0.3, -0.25) is 14.9 Å². The van der Waals surface area contributed by atoms with Gasteiger partial charge in [-0.1, -0.05) is 12.1 Å². The third-order valence-corrected chi connectivity index (χ3v) is 4.07. The van der Waals surface area contributed by atoms with E-state index in [9.17, 15) is 18.0 Å². The van der Waals surface area contributed by atoms with Crippen LogP contribution in [0, 0.1) is 0 Å². The molecular weight excluding hydrogens is 282 g/mol. The van der Waals surface area contributed by atoms with Crippen molar-refractivity contribution in [3.05, 3.63) is 29.8 Å². The first-order chi connectivity index (χ1) is 9.36. The summed E-state index contributed by atoms with van der Waals surface area (Å²) in [5.41, 5.74) is 0.943. The number of carbonyl (C=O) groups is 2. The van der Waals surface area contributed by atoms with Gasteiger partial charge in [-0.15, -0.1) is 0 Å². The van der Waals surface area contributed by atoms with Gasteiger partial charge in [0.2, 0.25) is 15.9 Å². The number of primary sulfonamides is 1. The maximum absolute atomic E-state index is 11.3. The molecule has 1 fully saturated rings. The average molecular weight is 298 g/mol. The highest BCUT2D eigenvalue weighted by Crippen LogP contribution is 2.08. The number of nitrogens with two attached hydrogens (primary N) is 2. The van der Waals surface area contributed by atoms with Crippen molar-refractivity contribution in [3.8, 4) is 0 Å². The van der Waals surface area contributed by atoms with Crippen molar-refractivity contribution >= 4 is 21.8 Å². The van der Waals surface area contributed by atoms with Gasteiger partial charge in [0.05, 0.1) is 17.9 Å². The molecule has 5 N–H and O–H groups in total. The largest absolute Gasteiger partial charge is 0.335 e. The lowest BCUT2D eigenvalue weighted by molar-refractivity contribution is -0.674. The zero-order valence-electron chi connectivity index (χ0n) is 10.7. The van der Waals surface area contributed by atoms with Gasteiger partial charge >= 0.3 is 0 Å². The monoisotopic (exact) mass is 298 g/mol. The van der Waals surface area contributed by atoms with Crippen LogP contribution >= 0.6 is 0 Å². The molecule has 1 aliphatic rings. The molecule has 0 aromatic heterocycles. The standard InChI is InChI=1S/C12H15N3O4S/c13-20(18,19)9-3-1-8(2-4-9)5-6-14-10-7-11(16)15-12(10)17/h1-4,10,14H,5-7H2,(H2,13,18,19)(H,15,16,17)/p+1/t10-/m1/s1. The molecule has 1 heterocycles. The van der Waals surface area contributed by atoms with E-state index < -0.39 is 10.0 Å². The highest BCUT2D eigenvalue weighted by Gasteiger charge is 2.33. The number of carbonyl (C=O) groups excluding carboxylic acids is 2. The Hall–Kier alpha value is -1.77. The predicted octanol–water partition coefficient (Wildman–Crippen LogP) is -2.14. The molecule has 20 heavy (non-hydrogen) atoms. The summed E-state index contributed by atoms with van der Waals surface area (Å²) in [5, 5.41) is 9.07. The van der Waals surface area contributed by atoms with Gasteiger partial charge < -0.3 is 5.32 Å². The summed E-state index contributed by atoms with van der Waals surface area (Å²) in [6.45, 7) is 0.639. The van der Waals surface area contributed by atoms with Gasteiger partial charge in [0.1, 0.15) is 0 Å². The Morgan fingerprint density at radius 3 is 2.40 bits per heavy atom. The maximum atomic E-state index is 11.3. The highest BCUT2D eigenvalue weighted by atomic mass is 32.2. The third-order valence-electron chi connectivity index (χ3n) is 3.14. The molecular formula is C12H16N3O4S+. The van der Waals surface area contributed by atoms with E-state index in [1.165, 1.54) is 12.1 Å². The van der Waals surface area contributed by atoms with Gasteiger partial charge in [0.15, 0.2) is 6.04 Å². The van der Waals surface area contributed by atoms with Gasteiger partial charge in [-0.05, 0) is 17.7 Å². The van der Waals surface area contributed by atoms with Crippen LogP contribution in [0.25, 0.3) is 0 Å². The molecule has 0 spiro atoms. The lowest BCUT2D eigenvalue weighted by Crippen LogP contribution is -2.91. The van der Waals surface area contributed by atoms with Crippen LogP contribution in [0.2, 0.25) is 0 Å². The van der Waals surface area contributed by atoms with Crippen LogP contribution in [0.4, 0.5) is 0 Å². The fourth-order valence-electron chi connectivity index (χ4n) is 2.06. The van der Waals surface area contributed by atoms with E-state index in [1.54, 1.807) is 12.1 Å². The van der Waals surface area contributed by atoms with Crippen molar-refractivity contribution < 1.29 is 23.3 Å². The van der Waals surface area contributed by atoms with Gasteiger partial charge in [0.25, 0.3) is 5.91 Å². The van der Waals surface area contributed by atoms with Crippen LogP contribution < -0.4 is 15.8 Å². The summed E-state index contributed by atoms with van der Waals surface area (Å²) in [6, 6.07) is 5.93. The minimum atomic E-state index is -3.66. The Labute approximate surface area is 116 Å². The number of quaternary nitrogens is 1. The average Bonchev–Trinajstić information content (AvgIpc) is 2.67. The Morgan fingerprint density at radius 2 is 1.90 bits per heavy atom. The van der Waals surface area contributed by atoms with Crippen LogP contribution in [0.3, 0.4) is 0 Å². The third kappa shape index (κ3) is 3.62. The quantitative estimate of drug-likeness (QED) is 0.536. The lowest BCUT2D eigenvalue weighted by atomic mass is 10.1. The molecule has 1 aliphatic heterocycles. The second-order valence-electron chi connectivity index (χ2n) is 4.69. The zero-order chi connectivity index (χ0) is 14.8. The molecule has 0 radical (unpaired) electrons. The summed E-state index contributed by atoms with van der Waals surface area (Å²) in [4.78, 5) is 22.4. The zero-order valence-corrected chi connectivity index (χ0v) is 11.5. The smallest absolute Gasteiger partial charge is 0.285 e. The van der Waals surface area contributed by atoms with Gasteiger partial charge in [-0.2, -0.15) is 0 Å². The molecule has 0 unspecified atom stereocenters. The first kappa shape index (κ1) is 14.6. The van der Waals surface area contributed by atoms with Crippen molar-refractivity contribution in [2.24, 2.45) is 5.14 Å². The summed E-state index contributed by atoms with van der Waals surface area (Å²) < 4.78 is 22.2. The number of benzene rings is 1. The van der Waals surface area contributed by atoms with Crippen LogP contribution in [-0.2, 0) is 26.0 Å². The first-order valence-electron chi connectivity index (χ1n) is 6.15. The number of sulfonamides is 1. The van der Waals surface area contributed by atoms with E-state index in [2.05, 4.69) is 5.32 Å². The van der Waals surface area contributed by atoms with Gasteiger partial charge in [-0.25, -0.2) is 13.6 Å². The number of imide groups is 1. The molecule has 1 aromatic carbocycles. The van der Waals surface area contributed by atoms with E-state index in [-0.39, 0.29) is 29.2 Å². The van der Waals surface area contributed by atoms with E-state index in [1.807, 2.05) is 5.32 Å².